The van der Waals surface area contributed by atoms with E-state index in [1.807, 2.05) is 6.92 Å². The van der Waals surface area contributed by atoms with Crippen molar-refractivity contribution >= 4 is 50.7 Å². The number of Topliss-reactive ketones (excluding diaryl/α,β-unsaturated/α-hetero) is 1. The van der Waals surface area contributed by atoms with Crippen molar-refractivity contribution in [2.75, 3.05) is 4.90 Å². The van der Waals surface area contributed by atoms with Crippen LogP contribution in [-0.4, -0.2) is 21.9 Å². The minimum atomic E-state index is -0.936. The minimum absolute atomic E-state index is 0.0198. The van der Waals surface area contributed by atoms with Gasteiger partial charge in [0.1, 0.15) is 11.5 Å². The zero-order valence-electron chi connectivity index (χ0n) is 16.3. The number of nitrogens with zero attached hydrogens (tertiary/aromatic N) is 1. The van der Waals surface area contributed by atoms with E-state index >= 15 is 0 Å². The molecule has 1 saturated heterocycles. The molecule has 7 heteroatoms. The number of amides is 1. The van der Waals surface area contributed by atoms with E-state index < -0.39 is 17.7 Å². The molecule has 1 unspecified atom stereocenters. The molecule has 0 radical (unpaired) electrons. The van der Waals surface area contributed by atoms with Crippen molar-refractivity contribution < 1.29 is 19.8 Å². The fourth-order valence-electron chi connectivity index (χ4n) is 3.68. The highest BCUT2D eigenvalue weighted by Crippen LogP contribution is 2.43. The molecule has 0 bridgehead atoms. The number of phenols is 1. The molecule has 3 aromatic carbocycles. The van der Waals surface area contributed by atoms with Crippen molar-refractivity contribution in [2.24, 2.45) is 0 Å². The van der Waals surface area contributed by atoms with Crippen molar-refractivity contribution in [2.45, 2.75) is 13.0 Å². The van der Waals surface area contributed by atoms with Crippen molar-refractivity contribution in [3.8, 4) is 5.75 Å². The number of phenolic OH excluding ortho intramolecular Hbond substituents is 1. The van der Waals surface area contributed by atoms with Gasteiger partial charge in [-0.05, 0) is 60.5 Å². The largest absolute Gasteiger partial charge is 0.508 e. The summed E-state index contributed by atoms with van der Waals surface area (Å²) in [4.78, 5) is 27.5. The first-order valence-corrected chi connectivity index (χ1v) is 10.6. The quantitative estimate of drug-likeness (QED) is 0.274. The molecule has 1 amide bonds. The number of ketones is 1. The zero-order valence-corrected chi connectivity index (χ0v) is 18.7. The lowest BCUT2D eigenvalue weighted by atomic mass is 9.94. The Morgan fingerprint density at radius 3 is 2.45 bits per heavy atom. The molecule has 1 heterocycles. The first-order valence-electron chi connectivity index (χ1n) is 9.40. The smallest absolute Gasteiger partial charge is 0.300 e. The fourth-order valence-corrected chi connectivity index (χ4v) is 4.11. The van der Waals surface area contributed by atoms with Crippen LogP contribution < -0.4 is 4.90 Å². The second-order valence-electron chi connectivity index (χ2n) is 7.21. The first kappa shape index (κ1) is 21.2. The molecule has 0 spiro atoms. The van der Waals surface area contributed by atoms with Crippen LogP contribution in [-0.2, 0) is 9.59 Å². The maximum absolute atomic E-state index is 13.1. The summed E-state index contributed by atoms with van der Waals surface area (Å²) < 4.78 is 0.855. The summed E-state index contributed by atoms with van der Waals surface area (Å²) in [6.45, 7) is 1.86. The van der Waals surface area contributed by atoms with E-state index in [9.17, 15) is 19.8 Å². The third-order valence-corrected chi connectivity index (χ3v) is 6.27. The fraction of sp³-hybridized carbons (Fsp3) is 0.0833. The van der Waals surface area contributed by atoms with Crippen molar-refractivity contribution in [1.82, 2.24) is 0 Å². The van der Waals surface area contributed by atoms with Crippen LogP contribution in [0.15, 0.2) is 76.8 Å². The molecule has 156 valence electrons. The van der Waals surface area contributed by atoms with Crippen LogP contribution in [0.1, 0.15) is 22.7 Å². The molecule has 4 rings (SSSR count). The van der Waals surface area contributed by atoms with Crippen LogP contribution in [0, 0.1) is 6.92 Å². The van der Waals surface area contributed by atoms with Crippen LogP contribution in [0.4, 0.5) is 5.69 Å². The average molecular weight is 499 g/mol. The topological polar surface area (TPSA) is 77.8 Å². The Bertz CT molecular complexity index is 1250. The summed E-state index contributed by atoms with van der Waals surface area (Å²) in [7, 11) is 0. The summed E-state index contributed by atoms with van der Waals surface area (Å²) in [5.41, 5.74) is 2.11. The number of hydrogen-bond acceptors (Lipinski definition) is 4. The number of aromatic hydroxyl groups is 1. The molecular weight excluding hydrogens is 482 g/mol. The van der Waals surface area contributed by atoms with E-state index in [2.05, 4.69) is 15.9 Å². The van der Waals surface area contributed by atoms with E-state index in [-0.39, 0.29) is 17.1 Å². The molecule has 1 aliphatic heterocycles. The predicted molar refractivity (Wildman–Crippen MR) is 123 cm³/mol. The molecule has 3 aromatic rings. The Balaban J connectivity index is 1.97. The molecule has 0 saturated carbocycles. The molecular formula is C24H17BrClNO4. The van der Waals surface area contributed by atoms with Gasteiger partial charge in [-0.1, -0.05) is 51.8 Å². The molecule has 2 N–H and O–H groups in total. The Hall–Kier alpha value is -3.09. The van der Waals surface area contributed by atoms with Gasteiger partial charge in [0, 0.05) is 20.7 Å². The number of carbonyl (C=O) groups excluding carboxylic acids is 2. The van der Waals surface area contributed by atoms with Gasteiger partial charge in [0.25, 0.3) is 11.7 Å². The summed E-state index contributed by atoms with van der Waals surface area (Å²) in [5, 5.41) is 21.5. The molecule has 1 fully saturated rings. The van der Waals surface area contributed by atoms with Crippen LogP contribution >= 0.6 is 27.5 Å². The van der Waals surface area contributed by atoms with Crippen molar-refractivity contribution in [1.29, 1.82) is 0 Å². The molecule has 1 aliphatic rings. The van der Waals surface area contributed by atoms with Crippen LogP contribution in [0.3, 0.4) is 0 Å². The third-order valence-electron chi connectivity index (χ3n) is 5.15. The molecule has 0 aromatic heterocycles. The van der Waals surface area contributed by atoms with Crippen LogP contribution in [0.2, 0.25) is 5.02 Å². The first-order chi connectivity index (χ1) is 14.8. The maximum atomic E-state index is 13.1. The van der Waals surface area contributed by atoms with Gasteiger partial charge in [-0.25, -0.2) is 0 Å². The highest BCUT2D eigenvalue weighted by atomic mass is 79.9. The maximum Gasteiger partial charge on any atom is 0.300 e. The summed E-state index contributed by atoms with van der Waals surface area (Å²) >= 11 is 9.54. The molecule has 1 atom stereocenters. The SMILES string of the molecule is Cc1cc(/C(O)=C2\C(=O)C(=O)N(c3cccc(Cl)c3)C2c2cccc(O)c2)ccc1Br. The number of rotatable bonds is 3. The van der Waals surface area contributed by atoms with E-state index in [0.717, 1.165) is 10.0 Å². The number of aliphatic hydroxyl groups is 1. The van der Waals surface area contributed by atoms with Crippen LogP contribution in [0.5, 0.6) is 5.75 Å². The molecule has 31 heavy (non-hydrogen) atoms. The van der Waals surface area contributed by atoms with Gasteiger partial charge in [0.15, 0.2) is 0 Å². The van der Waals surface area contributed by atoms with Gasteiger partial charge in [0.2, 0.25) is 0 Å². The lowest BCUT2D eigenvalue weighted by molar-refractivity contribution is -0.132. The number of carbonyl (C=O) groups is 2. The van der Waals surface area contributed by atoms with Crippen molar-refractivity contribution in [3.05, 3.63) is 98.5 Å². The van der Waals surface area contributed by atoms with Crippen molar-refractivity contribution in [3.63, 3.8) is 0 Å². The molecule has 5 nitrogen and oxygen atoms in total. The highest BCUT2D eigenvalue weighted by molar-refractivity contribution is 9.10. The minimum Gasteiger partial charge on any atom is -0.508 e. The van der Waals surface area contributed by atoms with E-state index in [1.54, 1.807) is 54.6 Å². The van der Waals surface area contributed by atoms with Gasteiger partial charge in [-0.2, -0.15) is 0 Å². The Labute approximate surface area is 192 Å². The predicted octanol–water partition coefficient (Wildman–Crippen LogP) is 5.74. The number of halogens is 2. The van der Waals surface area contributed by atoms with Gasteiger partial charge >= 0.3 is 0 Å². The van der Waals surface area contributed by atoms with E-state index in [0.29, 0.717) is 21.8 Å². The van der Waals surface area contributed by atoms with Gasteiger partial charge in [0.05, 0.1) is 11.6 Å². The monoisotopic (exact) mass is 497 g/mol. The Kier molecular flexibility index (Phi) is 5.60. The van der Waals surface area contributed by atoms with E-state index in [4.69, 9.17) is 11.6 Å². The summed E-state index contributed by atoms with van der Waals surface area (Å²) in [6, 6.07) is 17.1. The van der Waals surface area contributed by atoms with Gasteiger partial charge in [-0.3, -0.25) is 14.5 Å². The number of benzene rings is 3. The van der Waals surface area contributed by atoms with Gasteiger partial charge in [-0.15, -0.1) is 0 Å². The summed E-state index contributed by atoms with van der Waals surface area (Å²) in [5.74, 6) is -1.90. The second kappa shape index (κ2) is 8.21. The lowest BCUT2D eigenvalue weighted by Gasteiger charge is -2.25. The Morgan fingerprint density at radius 2 is 1.77 bits per heavy atom. The van der Waals surface area contributed by atoms with E-state index in [1.165, 1.54) is 17.0 Å². The molecule has 0 aliphatic carbocycles. The highest BCUT2D eigenvalue weighted by Gasteiger charge is 2.47. The average Bonchev–Trinajstić information content (AvgIpc) is 3.00. The summed E-state index contributed by atoms with van der Waals surface area (Å²) in [6.07, 6.45) is 0. The normalized spacial score (nSPS) is 17.9. The number of aryl methyl sites for hydroxylation is 1. The standard InChI is InChI=1S/C24H17BrClNO4/c1-13-10-15(8-9-19(13)25)22(29)20-21(14-4-2-7-18(28)11-14)27(24(31)23(20)30)17-6-3-5-16(26)12-17/h2-12,21,28-29H,1H3/b22-20+. The second-order valence-corrected chi connectivity index (χ2v) is 8.50. The third kappa shape index (κ3) is 3.84. The number of anilines is 1. The van der Waals surface area contributed by atoms with Gasteiger partial charge < -0.3 is 10.2 Å². The zero-order chi connectivity index (χ0) is 22.3. The number of hydrogen-bond donors (Lipinski definition) is 2. The van der Waals surface area contributed by atoms with Crippen LogP contribution in [0.25, 0.3) is 5.76 Å². The Morgan fingerprint density at radius 1 is 1.03 bits per heavy atom. The lowest BCUT2D eigenvalue weighted by Crippen LogP contribution is -2.29. The number of aliphatic hydroxyl groups excluding tert-OH is 1.